The average molecular weight is 252 g/mol. The molecule has 0 aromatic carbocycles. The van der Waals surface area contributed by atoms with E-state index < -0.39 is 0 Å². The summed E-state index contributed by atoms with van der Waals surface area (Å²) >= 11 is 1.73. The minimum atomic E-state index is 0.164. The molecule has 0 radical (unpaired) electrons. The molecule has 1 aliphatic carbocycles. The summed E-state index contributed by atoms with van der Waals surface area (Å²) in [6, 6.07) is 2.69. The molecule has 4 heteroatoms. The van der Waals surface area contributed by atoms with Crippen LogP contribution in [0.15, 0.2) is 11.4 Å². The summed E-state index contributed by atoms with van der Waals surface area (Å²) in [6.45, 7) is 2.10. The van der Waals surface area contributed by atoms with Gasteiger partial charge in [0.05, 0.1) is 0 Å². The molecular weight excluding hydrogens is 232 g/mol. The number of hydrogen-bond acceptors (Lipinski definition) is 3. The Morgan fingerprint density at radius 1 is 1.59 bits per heavy atom. The monoisotopic (exact) mass is 252 g/mol. The second-order valence-electron chi connectivity index (χ2n) is 4.86. The van der Waals surface area contributed by atoms with Crippen LogP contribution in [-0.4, -0.2) is 18.0 Å². The predicted molar refractivity (Wildman–Crippen MR) is 71.1 cm³/mol. The Morgan fingerprint density at radius 2 is 2.41 bits per heavy atom. The maximum Gasteiger partial charge on any atom is 0.220 e. The highest BCUT2D eigenvalue weighted by atomic mass is 32.1. The van der Waals surface area contributed by atoms with Crippen molar-refractivity contribution in [3.63, 3.8) is 0 Å². The fourth-order valence-corrected chi connectivity index (χ4v) is 3.24. The Kier molecular flexibility index (Phi) is 4.18. The zero-order valence-corrected chi connectivity index (χ0v) is 11.1. The lowest BCUT2D eigenvalue weighted by molar-refractivity contribution is -0.121. The van der Waals surface area contributed by atoms with Crippen LogP contribution in [0, 0.1) is 6.92 Å². The molecule has 2 rings (SSSR count). The van der Waals surface area contributed by atoms with E-state index in [2.05, 4.69) is 23.7 Å². The normalized spacial score (nSPS) is 23.9. The fraction of sp³-hybridized carbons (Fsp3) is 0.615. The third-order valence-corrected chi connectivity index (χ3v) is 4.47. The maximum absolute atomic E-state index is 11.8. The molecule has 0 saturated heterocycles. The van der Waals surface area contributed by atoms with E-state index in [4.69, 9.17) is 5.73 Å². The summed E-state index contributed by atoms with van der Waals surface area (Å²) in [5, 5.41) is 5.16. The molecule has 94 valence electrons. The van der Waals surface area contributed by atoms with Crippen molar-refractivity contribution in [3.05, 3.63) is 21.9 Å². The van der Waals surface area contributed by atoms with Crippen LogP contribution in [0.3, 0.4) is 0 Å². The smallest absolute Gasteiger partial charge is 0.220 e. The second kappa shape index (κ2) is 5.65. The van der Waals surface area contributed by atoms with Gasteiger partial charge in [0, 0.05) is 23.4 Å². The standard InChI is InChI=1S/C13H20N2OS/c1-9-6-7-17-12(9)4-5-13(16)15-11-3-2-10(14)8-11/h6-7,10-11H,2-5,8,14H2,1H3,(H,15,16). The lowest BCUT2D eigenvalue weighted by atomic mass is 10.2. The summed E-state index contributed by atoms with van der Waals surface area (Å²) in [6.07, 6.45) is 4.45. The van der Waals surface area contributed by atoms with Crippen LogP contribution < -0.4 is 11.1 Å². The van der Waals surface area contributed by atoms with Crippen molar-refractivity contribution in [3.8, 4) is 0 Å². The van der Waals surface area contributed by atoms with Crippen LogP contribution in [0.25, 0.3) is 0 Å². The molecule has 1 saturated carbocycles. The number of rotatable bonds is 4. The summed E-state index contributed by atoms with van der Waals surface area (Å²) < 4.78 is 0. The molecule has 2 unspecified atom stereocenters. The first-order valence-electron chi connectivity index (χ1n) is 6.23. The minimum absolute atomic E-state index is 0.164. The second-order valence-corrected chi connectivity index (χ2v) is 5.87. The minimum Gasteiger partial charge on any atom is -0.353 e. The topological polar surface area (TPSA) is 55.1 Å². The van der Waals surface area contributed by atoms with Gasteiger partial charge in [0.25, 0.3) is 0 Å². The van der Waals surface area contributed by atoms with Crippen LogP contribution in [0.2, 0.25) is 0 Å². The molecule has 1 aromatic rings. The number of nitrogens with two attached hydrogens (primary N) is 1. The molecule has 3 nitrogen and oxygen atoms in total. The molecular formula is C13H20N2OS. The van der Waals surface area contributed by atoms with E-state index in [1.807, 2.05) is 0 Å². The van der Waals surface area contributed by atoms with Gasteiger partial charge in [-0.1, -0.05) is 0 Å². The zero-order valence-electron chi connectivity index (χ0n) is 10.2. The molecule has 1 fully saturated rings. The molecule has 17 heavy (non-hydrogen) atoms. The van der Waals surface area contributed by atoms with Gasteiger partial charge < -0.3 is 11.1 Å². The van der Waals surface area contributed by atoms with E-state index >= 15 is 0 Å². The van der Waals surface area contributed by atoms with E-state index in [9.17, 15) is 4.79 Å². The van der Waals surface area contributed by atoms with Crippen molar-refractivity contribution < 1.29 is 4.79 Å². The van der Waals surface area contributed by atoms with Gasteiger partial charge in [-0.05, 0) is 49.6 Å². The van der Waals surface area contributed by atoms with Crippen LogP contribution in [-0.2, 0) is 11.2 Å². The predicted octanol–water partition coefficient (Wildman–Crippen LogP) is 1.99. The van der Waals surface area contributed by atoms with Crippen molar-refractivity contribution in [2.45, 2.75) is 51.1 Å². The highest BCUT2D eigenvalue weighted by Crippen LogP contribution is 2.19. The highest BCUT2D eigenvalue weighted by molar-refractivity contribution is 7.10. The van der Waals surface area contributed by atoms with E-state index in [1.54, 1.807) is 11.3 Å². The third kappa shape index (κ3) is 3.54. The Morgan fingerprint density at radius 3 is 3.00 bits per heavy atom. The van der Waals surface area contributed by atoms with Crippen molar-refractivity contribution in [2.75, 3.05) is 0 Å². The Hall–Kier alpha value is -0.870. The largest absolute Gasteiger partial charge is 0.353 e. The Balaban J connectivity index is 1.73. The number of thiophene rings is 1. The number of carbonyl (C=O) groups is 1. The molecule has 1 aromatic heterocycles. The summed E-state index contributed by atoms with van der Waals surface area (Å²) in [4.78, 5) is 13.1. The van der Waals surface area contributed by atoms with Gasteiger partial charge in [-0.2, -0.15) is 0 Å². The third-order valence-electron chi connectivity index (χ3n) is 3.39. The number of hydrogen-bond donors (Lipinski definition) is 2. The molecule has 0 spiro atoms. The molecule has 0 aliphatic heterocycles. The summed E-state index contributed by atoms with van der Waals surface area (Å²) in [5.74, 6) is 0.164. The lowest BCUT2D eigenvalue weighted by Gasteiger charge is -2.12. The van der Waals surface area contributed by atoms with Crippen LogP contribution in [0.5, 0.6) is 0 Å². The van der Waals surface area contributed by atoms with Crippen LogP contribution in [0.4, 0.5) is 0 Å². The maximum atomic E-state index is 11.8. The molecule has 2 atom stereocenters. The molecule has 1 amide bonds. The first-order valence-corrected chi connectivity index (χ1v) is 7.11. The van der Waals surface area contributed by atoms with Gasteiger partial charge in [0.15, 0.2) is 0 Å². The molecule has 1 heterocycles. The van der Waals surface area contributed by atoms with E-state index in [-0.39, 0.29) is 11.9 Å². The van der Waals surface area contributed by atoms with E-state index in [0.717, 1.165) is 25.7 Å². The Labute approximate surface area is 106 Å². The number of carbonyl (C=O) groups excluding carboxylic acids is 1. The van der Waals surface area contributed by atoms with Gasteiger partial charge in [-0.25, -0.2) is 0 Å². The Bertz CT molecular complexity index is 389. The van der Waals surface area contributed by atoms with Crippen molar-refractivity contribution in [1.82, 2.24) is 5.32 Å². The van der Waals surface area contributed by atoms with Gasteiger partial charge >= 0.3 is 0 Å². The summed E-state index contributed by atoms with van der Waals surface area (Å²) in [7, 11) is 0. The van der Waals surface area contributed by atoms with Crippen LogP contribution >= 0.6 is 11.3 Å². The zero-order chi connectivity index (χ0) is 12.3. The highest BCUT2D eigenvalue weighted by Gasteiger charge is 2.22. The average Bonchev–Trinajstić information content (AvgIpc) is 2.85. The van der Waals surface area contributed by atoms with E-state index in [1.165, 1.54) is 10.4 Å². The number of nitrogens with one attached hydrogen (secondary N) is 1. The van der Waals surface area contributed by atoms with Gasteiger partial charge in [-0.15, -0.1) is 11.3 Å². The van der Waals surface area contributed by atoms with Crippen molar-refractivity contribution >= 4 is 17.2 Å². The van der Waals surface area contributed by atoms with Crippen molar-refractivity contribution in [2.24, 2.45) is 5.73 Å². The quantitative estimate of drug-likeness (QED) is 0.861. The lowest BCUT2D eigenvalue weighted by Crippen LogP contribution is -2.34. The molecule has 1 aliphatic rings. The van der Waals surface area contributed by atoms with Gasteiger partial charge in [-0.3, -0.25) is 4.79 Å². The number of amides is 1. The van der Waals surface area contributed by atoms with Crippen molar-refractivity contribution in [1.29, 1.82) is 0 Å². The van der Waals surface area contributed by atoms with E-state index in [0.29, 0.717) is 12.5 Å². The number of aryl methyl sites for hydroxylation is 2. The van der Waals surface area contributed by atoms with Gasteiger partial charge in [0.1, 0.15) is 0 Å². The SMILES string of the molecule is Cc1ccsc1CCC(=O)NC1CCC(N)C1. The fourth-order valence-electron chi connectivity index (χ4n) is 2.33. The molecule has 0 bridgehead atoms. The first-order chi connectivity index (χ1) is 8.15. The summed E-state index contributed by atoms with van der Waals surface area (Å²) in [5.41, 5.74) is 7.12. The first kappa shape index (κ1) is 12.6. The van der Waals surface area contributed by atoms with Crippen LogP contribution in [0.1, 0.15) is 36.1 Å². The van der Waals surface area contributed by atoms with Gasteiger partial charge in [0.2, 0.25) is 5.91 Å². The molecule has 3 N–H and O–H groups in total.